The first-order valence-electron chi connectivity index (χ1n) is 9.69. The summed E-state index contributed by atoms with van der Waals surface area (Å²) < 4.78 is 29.8. The molecule has 0 spiro atoms. The molecule has 1 saturated heterocycles. The molecule has 164 valence electrons. The van der Waals surface area contributed by atoms with Crippen LogP contribution in [0.3, 0.4) is 0 Å². The molecular formula is C21H22ClN3O4S2. The summed E-state index contributed by atoms with van der Waals surface area (Å²) in [4.78, 5) is 19.1. The summed E-state index contributed by atoms with van der Waals surface area (Å²) in [6.45, 7) is 0.461. The molecule has 7 nitrogen and oxygen atoms in total. The lowest BCUT2D eigenvalue weighted by molar-refractivity contribution is -0.113. The monoisotopic (exact) mass is 479 g/mol. The average Bonchev–Trinajstić information content (AvgIpc) is 3.19. The molecule has 1 fully saturated rings. The van der Waals surface area contributed by atoms with Crippen LogP contribution < -0.4 is 10.1 Å². The number of carbonyl (C=O) groups is 1. The van der Waals surface area contributed by atoms with Crippen LogP contribution in [0.4, 0.5) is 5.69 Å². The van der Waals surface area contributed by atoms with Gasteiger partial charge in [-0.15, -0.1) is 0 Å². The molecule has 4 rings (SSSR count). The van der Waals surface area contributed by atoms with Crippen LogP contribution in [0.5, 0.6) is 5.75 Å². The van der Waals surface area contributed by atoms with Gasteiger partial charge >= 0.3 is 0 Å². The Kier molecular flexibility index (Phi) is 6.45. The minimum absolute atomic E-state index is 0.0405. The topological polar surface area (TPSA) is 88.1 Å². The molecule has 2 aromatic carbocycles. The Balaban J connectivity index is 1.48. The number of fused-ring (bicyclic) bond motifs is 1. The lowest BCUT2D eigenvalue weighted by Crippen LogP contribution is -2.38. The first-order chi connectivity index (χ1) is 14.8. The van der Waals surface area contributed by atoms with Crippen LogP contribution in [0.15, 0.2) is 53.5 Å². The third-order valence-corrected chi connectivity index (χ3v) is 8.13. The Morgan fingerprint density at radius 3 is 2.84 bits per heavy atom. The zero-order valence-corrected chi connectivity index (χ0v) is 19.2. The van der Waals surface area contributed by atoms with E-state index in [-0.39, 0.29) is 35.2 Å². The Labute approximate surface area is 190 Å². The lowest BCUT2D eigenvalue weighted by atomic mass is 10.1. The second kappa shape index (κ2) is 9.10. The van der Waals surface area contributed by atoms with Crippen molar-refractivity contribution in [1.82, 2.24) is 4.90 Å². The van der Waals surface area contributed by atoms with Crippen molar-refractivity contribution < 1.29 is 17.9 Å². The molecule has 2 aliphatic rings. The fraction of sp³-hybridized carbons (Fsp3) is 0.333. The van der Waals surface area contributed by atoms with Crippen molar-refractivity contribution in [1.29, 1.82) is 0 Å². The van der Waals surface area contributed by atoms with Crippen LogP contribution in [-0.4, -0.2) is 60.8 Å². The number of amides is 1. The van der Waals surface area contributed by atoms with Gasteiger partial charge in [-0.3, -0.25) is 9.79 Å². The van der Waals surface area contributed by atoms with Gasteiger partial charge in [-0.05, 0) is 24.3 Å². The quantitative estimate of drug-likeness (QED) is 0.685. The molecule has 0 aliphatic carbocycles. The number of hydrogen-bond donors (Lipinski definition) is 1. The fourth-order valence-electron chi connectivity index (χ4n) is 3.80. The van der Waals surface area contributed by atoms with Gasteiger partial charge < -0.3 is 15.0 Å². The summed E-state index contributed by atoms with van der Waals surface area (Å²) in [7, 11) is -1.52. The predicted molar refractivity (Wildman–Crippen MR) is 125 cm³/mol. The van der Waals surface area contributed by atoms with E-state index < -0.39 is 9.84 Å². The Morgan fingerprint density at radius 2 is 2.06 bits per heavy atom. The molecule has 31 heavy (non-hydrogen) atoms. The number of anilines is 1. The van der Waals surface area contributed by atoms with Crippen molar-refractivity contribution in [2.24, 2.45) is 4.99 Å². The number of sulfone groups is 1. The lowest BCUT2D eigenvalue weighted by Gasteiger charge is -2.27. The van der Waals surface area contributed by atoms with Gasteiger partial charge in [0.1, 0.15) is 5.75 Å². The molecule has 2 atom stereocenters. The molecule has 0 saturated carbocycles. The van der Waals surface area contributed by atoms with Crippen LogP contribution in [0, 0.1) is 0 Å². The second-order valence-corrected chi connectivity index (χ2v) is 10.9. The molecule has 1 N–H and O–H groups in total. The zero-order valence-electron chi connectivity index (χ0n) is 16.8. The summed E-state index contributed by atoms with van der Waals surface area (Å²) in [5.41, 5.74) is 1.56. The first kappa shape index (κ1) is 22.0. The van der Waals surface area contributed by atoms with E-state index >= 15 is 0 Å². The highest BCUT2D eigenvalue weighted by atomic mass is 35.5. The van der Waals surface area contributed by atoms with Crippen molar-refractivity contribution in [3.63, 3.8) is 0 Å². The van der Waals surface area contributed by atoms with Crippen LogP contribution in [-0.2, 0) is 21.2 Å². The number of rotatable bonds is 6. The number of nitrogens with zero attached hydrogens (tertiary/aromatic N) is 2. The first-order valence-corrected chi connectivity index (χ1v) is 12.9. The van der Waals surface area contributed by atoms with Crippen molar-refractivity contribution in [2.45, 2.75) is 18.6 Å². The number of halogens is 1. The molecule has 0 aromatic heterocycles. The fourth-order valence-corrected chi connectivity index (χ4v) is 6.78. The Hall–Kier alpha value is -2.23. The van der Waals surface area contributed by atoms with Crippen LogP contribution in [0.25, 0.3) is 0 Å². The van der Waals surface area contributed by atoms with Gasteiger partial charge in [0.2, 0.25) is 5.91 Å². The van der Waals surface area contributed by atoms with E-state index in [0.717, 1.165) is 11.3 Å². The van der Waals surface area contributed by atoms with Crippen LogP contribution in [0.2, 0.25) is 5.02 Å². The second-order valence-electron chi connectivity index (χ2n) is 7.41. The molecular weight excluding hydrogens is 458 g/mol. The highest BCUT2D eigenvalue weighted by molar-refractivity contribution is 8.14. The van der Waals surface area contributed by atoms with E-state index in [1.54, 1.807) is 31.4 Å². The van der Waals surface area contributed by atoms with E-state index in [4.69, 9.17) is 16.3 Å². The normalized spacial score (nSPS) is 21.5. The Morgan fingerprint density at radius 1 is 1.26 bits per heavy atom. The SMILES string of the molecule is COc1ccccc1CN1C(SCC(=O)Nc2cccc(Cl)c2)=N[C@@H]2CS(=O)(=O)C[C@H]21. The minimum atomic E-state index is -3.13. The zero-order chi connectivity index (χ0) is 22.0. The molecule has 0 unspecified atom stereocenters. The number of nitrogens with one attached hydrogen (secondary N) is 1. The van der Waals surface area contributed by atoms with Gasteiger partial charge in [0.05, 0.1) is 36.5 Å². The number of methoxy groups -OCH3 is 1. The van der Waals surface area contributed by atoms with Gasteiger partial charge in [-0.1, -0.05) is 47.6 Å². The van der Waals surface area contributed by atoms with Gasteiger partial charge in [0, 0.05) is 22.8 Å². The summed E-state index contributed by atoms with van der Waals surface area (Å²) >= 11 is 7.27. The van der Waals surface area contributed by atoms with Crippen molar-refractivity contribution in [2.75, 3.05) is 29.7 Å². The number of para-hydroxylation sites is 1. The molecule has 2 aliphatic heterocycles. The Bertz CT molecular complexity index is 1120. The number of aliphatic imine (C=N–C) groups is 1. The maximum absolute atomic E-state index is 12.4. The molecule has 0 bridgehead atoms. The third kappa shape index (κ3) is 5.16. The largest absolute Gasteiger partial charge is 0.496 e. The highest BCUT2D eigenvalue weighted by Crippen LogP contribution is 2.33. The van der Waals surface area contributed by atoms with Gasteiger partial charge in [0.25, 0.3) is 0 Å². The summed E-state index contributed by atoms with van der Waals surface area (Å²) in [5.74, 6) is 0.806. The predicted octanol–water partition coefficient (Wildman–Crippen LogP) is 3.06. The van der Waals surface area contributed by atoms with Crippen molar-refractivity contribution in [3.8, 4) is 5.75 Å². The number of hydrogen-bond acceptors (Lipinski definition) is 7. The standard InChI is InChI=1S/C21H22ClN3O4S2/c1-29-19-8-3-2-5-14(19)10-25-18-13-31(27,28)12-17(18)24-21(25)30-11-20(26)23-16-7-4-6-15(22)9-16/h2-9,17-18H,10-13H2,1H3,(H,23,26)/t17-,18-/m1/s1. The summed E-state index contributed by atoms with van der Waals surface area (Å²) in [6, 6.07) is 14.0. The third-order valence-electron chi connectivity index (χ3n) is 5.19. The highest BCUT2D eigenvalue weighted by Gasteiger charge is 2.46. The van der Waals surface area contributed by atoms with E-state index in [9.17, 15) is 13.2 Å². The smallest absolute Gasteiger partial charge is 0.234 e. The average molecular weight is 480 g/mol. The van der Waals surface area contributed by atoms with Crippen LogP contribution in [0.1, 0.15) is 5.56 Å². The summed E-state index contributed by atoms with van der Waals surface area (Å²) in [6.07, 6.45) is 0. The minimum Gasteiger partial charge on any atom is -0.496 e. The number of benzene rings is 2. The maximum atomic E-state index is 12.4. The van der Waals surface area contributed by atoms with E-state index in [0.29, 0.717) is 22.4 Å². The van der Waals surface area contributed by atoms with E-state index in [1.807, 2.05) is 29.2 Å². The van der Waals surface area contributed by atoms with Crippen LogP contribution >= 0.6 is 23.4 Å². The number of ether oxygens (including phenoxy) is 1. The van der Waals surface area contributed by atoms with E-state index in [1.165, 1.54) is 11.8 Å². The van der Waals surface area contributed by atoms with Gasteiger partial charge in [-0.25, -0.2) is 8.42 Å². The molecule has 1 amide bonds. The maximum Gasteiger partial charge on any atom is 0.234 e. The van der Waals surface area contributed by atoms with Crippen molar-refractivity contribution in [3.05, 3.63) is 59.1 Å². The summed E-state index contributed by atoms with van der Waals surface area (Å²) in [5, 5.41) is 4.04. The van der Waals surface area contributed by atoms with Gasteiger partial charge in [-0.2, -0.15) is 0 Å². The number of thioether (sulfide) groups is 1. The molecule has 2 heterocycles. The van der Waals surface area contributed by atoms with E-state index in [2.05, 4.69) is 10.3 Å². The number of amidine groups is 1. The molecule has 0 radical (unpaired) electrons. The molecule has 10 heteroatoms. The number of carbonyl (C=O) groups excluding carboxylic acids is 1. The van der Waals surface area contributed by atoms with Crippen molar-refractivity contribution >= 4 is 50.0 Å². The molecule has 2 aromatic rings. The van der Waals surface area contributed by atoms with Gasteiger partial charge in [0.15, 0.2) is 15.0 Å².